The van der Waals surface area contributed by atoms with Crippen molar-refractivity contribution in [2.24, 2.45) is 0 Å². The summed E-state index contributed by atoms with van der Waals surface area (Å²) in [6.45, 7) is 1.28. The monoisotopic (exact) mass is 480 g/mol. The highest BCUT2D eigenvalue weighted by Gasteiger charge is 2.14. The molecule has 0 heterocycles. The Kier molecular flexibility index (Phi) is 8.70. The molecule has 2 amide bonds. The number of rotatable bonds is 11. The van der Waals surface area contributed by atoms with Crippen molar-refractivity contribution in [3.8, 4) is 11.5 Å². The lowest BCUT2D eigenvalue weighted by atomic mass is 10.1. The van der Waals surface area contributed by atoms with Gasteiger partial charge in [-0.2, -0.15) is 0 Å². The number of carbonyl (C=O) groups excluding carboxylic acids is 2. The summed E-state index contributed by atoms with van der Waals surface area (Å²) in [5.41, 5.74) is 2.94. The van der Waals surface area contributed by atoms with Crippen LogP contribution in [-0.4, -0.2) is 25.0 Å². The smallest absolute Gasteiger partial charge is 0.255 e. The third kappa shape index (κ3) is 6.96. The van der Waals surface area contributed by atoms with Crippen molar-refractivity contribution in [3.63, 3.8) is 0 Å². The van der Waals surface area contributed by atoms with E-state index in [1.54, 1.807) is 36.4 Å². The van der Waals surface area contributed by atoms with Crippen molar-refractivity contribution < 1.29 is 19.1 Å². The molecule has 0 aromatic heterocycles. The van der Waals surface area contributed by atoms with Gasteiger partial charge in [0.15, 0.2) is 0 Å². The second-order valence-electron chi connectivity index (χ2n) is 8.03. The molecule has 2 N–H and O–H groups in total. The normalized spacial score (nSPS) is 10.3. The van der Waals surface area contributed by atoms with Gasteiger partial charge in [-0.25, -0.2) is 0 Å². The maximum Gasteiger partial charge on any atom is 0.255 e. The molecule has 36 heavy (non-hydrogen) atoms. The fourth-order valence-corrected chi connectivity index (χ4v) is 3.61. The molecule has 0 fully saturated rings. The van der Waals surface area contributed by atoms with E-state index in [2.05, 4.69) is 10.6 Å². The van der Waals surface area contributed by atoms with Crippen LogP contribution in [0.15, 0.2) is 109 Å². The maximum absolute atomic E-state index is 12.7. The molecule has 0 spiro atoms. The summed E-state index contributed by atoms with van der Waals surface area (Å²) >= 11 is 0. The van der Waals surface area contributed by atoms with Gasteiger partial charge in [-0.1, -0.05) is 84.9 Å². The molecule has 4 aromatic carbocycles. The third-order valence-electron chi connectivity index (χ3n) is 5.45. The highest BCUT2D eigenvalue weighted by molar-refractivity contribution is 5.97. The molecular weight excluding hydrogens is 452 g/mol. The largest absolute Gasteiger partial charge is 0.489 e. The predicted octanol–water partition coefficient (Wildman–Crippen LogP) is 5.00. The summed E-state index contributed by atoms with van der Waals surface area (Å²) in [7, 11) is 0. The van der Waals surface area contributed by atoms with Gasteiger partial charge in [0.1, 0.15) is 24.7 Å². The van der Waals surface area contributed by atoms with Crippen LogP contribution in [0.3, 0.4) is 0 Å². The minimum absolute atomic E-state index is 0.211. The van der Waals surface area contributed by atoms with E-state index in [1.807, 2.05) is 72.8 Å². The zero-order valence-corrected chi connectivity index (χ0v) is 19.9. The Bertz CT molecular complexity index is 1180. The molecule has 0 aliphatic carbocycles. The lowest BCUT2D eigenvalue weighted by Crippen LogP contribution is -2.24. The SMILES string of the molecule is O=C(NCc1ccccc1)c1ccccc1OCCOc1ccccc1C(=O)NCc1ccccc1. The van der Waals surface area contributed by atoms with Gasteiger partial charge in [-0.05, 0) is 35.4 Å². The van der Waals surface area contributed by atoms with Crippen LogP contribution in [0.25, 0.3) is 0 Å². The third-order valence-corrected chi connectivity index (χ3v) is 5.45. The molecule has 6 nitrogen and oxygen atoms in total. The summed E-state index contributed by atoms with van der Waals surface area (Å²) in [5, 5.41) is 5.84. The summed E-state index contributed by atoms with van der Waals surface area (Å²) in [6.07, 6.45) is 0. The van der Waals surface area contributed by atoms with Crippen LogP contribution < -0.4 is 20.1 Å². The van der Waals surface area contributed by atoms with E-state index in [0.29, 0.717) is 35.7 Å². The molecule has 0 bridgehead atoms. The van der Waals surface area contributed by atoms with Crippen molar-refractivity contribution in [3.05, 3.63) is 131 Å². The van der Waals surface area contributed by atoms with Crippen LogP contribution in [0.2, 0.25) is 0 Å². The lowest BCUT2D eigenvalue weighted by Gasteiger charge is -2.14. The standard InChI is InChI=1S/C30H28N2O4/c33-29(31-21-23-11-3-1-4-12-23)25-15-7-9-17-27(25)35-19-20-36-28-18-10-8-16-26(28)30(34)32-22-24-13-5-2-6-14-24/h1-18H,19-22H2,(H,31,33)(H,32,34). The fourth-order valence-electron chi connectivity index (χ4n) is 3.61. The molecular formula is C30H28N2O4. The zero-order valence-electron chi connectivity index (χ0n) is 19.9. The van der Waals surface area contributed by atoms with E-state index >= 15 is 0 Å². The van der Waals surface area contributed by atoms with Crippen molar-refractivity contribution in [2.75, 3.05) is 13.2 Å². The molecule has 4 rings (SSSR count). The molecule has 0 saturated heterocycles. The van der Waals surface area contributed by atoms with Crippen LogP contribution in [0.5, 0.6) is 11.5 Å². The number of hydrogen-bond donors (Lipinski definition) is 2. The van der Waals surface area contributed by atoms with Crippen molar-refractivity contribution >= 4 is 11.8 Å². The first-order chi connectivity index (χ1) is 17.7. The Morgan fingerprint density at radius 3 is 1.28 bits per heavy atom. The molecule has 0 radical (unpaired) electrons. The first-order valence-corrected chi connectivity index (χ1v) is 11.8. The molecule has 0 saturated carbocycles. The minimum atomic E-state index is -0.212. The highest BCUT2D eigenvalue weighted by atomic mass is 16.5. The van der Waals surface area contributed by atoms with Gasteiger partial charge < -0.3 is 20.1 Å². The summed E-state index contributed by atoms with van der Waals surface area (Å²) in [6, 6.07) is 33.6. The lowest BCUT2D eigenvalue weighted by molar-refractivity contribution is 0.0934. The van der Waals surface area contributed by atoms with Crippen LogP contribution in [0.4, 0.5) is 0 Å². The Labute approximate surface area is 210 Å². The Morgan fingerprint density at radius 2 is 0.861 bits per heavy atom. The molecule has 6 heteroatoms. The topological polar surface area (TPSA) is 76.7 Å². The van der Waals surface area contributed by atoms with Crippen LogP contribution in [0.1, 0.15) is 31.8 Å². The Balaban J connectivity index is 1.29. The van der Waals surface area contributed by atoms with E-state index in [4.69, 9.17) is 9.47 Å². The summed E-state index contributed by atoms with van der Waals surface area (Å²) in [4.78, 5) is 25.4. The second-order valence-corrected chi connectivity index (χ2v) is 8.03. The fraction of sp³-hybridized carbons (Fsp3) is 0.133. The van der Waals surface area contributed by atoms with Gasteiger partial charge in [0.05, 0.1) is 11.1 Å². The Morgan fingerprint density at radius 1 is 0.500 bits per heavy atom. The predicted molar refractivity (Wildman–Crippen MR) is 139 cm³/mol. The van der Waals surface area contributed by atoms with E-state index in [-0.39, 0.29) is 25.0 Å². The molecule has 182 valence electrons. The van der Waals surface area contributed by atoms with Gasteiger partial charge in [-0.3, -0.25) is 9.59 Å². The number of amides is 2. The molecule has 0 atom stereocenters. The van der Waals surface area contributed by atoms with Gasteiger partial charge in [-0.15, -0.1) is 0 Å². The number of nitrogens with one attached hydrogen (secondary N) is 2. The van der Waals surface area contributed by atoms with Crippen molar-refractivity contribution in [2.45, 2.75) is 13.1 Å². The van der Waals surface area contributed by atoms with Crippen molar-refractivity contribution in [1.82, 2.24) is 10.6 Å². The number of hydrogen-bond acceptors (Lipinski definition) is 4. The first-order valence-electron chi connectivity index (χ1n) is 11.8. The van der Waals surface area contributed by atoms with Gasteiger partial charge >= 0.3 is 0 Å². The van der Waals surface area contributed by atoms with E-state index in [9.17, 15) is 9.59 Å². The molecule has 4 aromatic rings. The van der Waals surface area contributed by atoms with Crippen LogP contribution in [-0.2, 0) is 13.1 Å². The van der Waals surface area contributed by atoms with Crippen molar-refractivity contribution in [1.29, 1.82) is 0 Å². The molecule has 0 unspecified atom stereocenters. The first kappa shape index (κ1) is 24.5. The van der Waals surface area contributed by atoms with Crippen LogP contribution >= 0.6 is 0 Å². The van der Waals surface area contributed by atoms with Crippen LogP contribution in [0, 0.1) is 0 Å². The minimum Gasteiger partial charge on any atom is -0.489 e. The van der Waals surface area contributed by atoms with Gasteiger partial charge in [0.2, 0.25) is 0 Å². The quantitative estimate of drug-likeness (QED) is 0.296. The van der Waals surface area contributed by atoms with E-state index < -0.39 is 0 Å². The summed E-state index contributed by atoms with van der Waals surface area (Å²) < 4.78 is 11.7. The zero-order chi connectivity index (χ0) is 25.0. The molecule has 0 aliphatic rings. The maximum atomic E-state index is 12.7. The summed E-state index contributed by atoms with van der Waals surface area (Å²) in [5.74, 6) is 0.521. The molecule has 0 aliphatic heterocycles. The number of benzene rings is 4. The average Bonchev–Trinajstić information content (AvgIpc) is 2.94. The number of ether oxygens (including phenoxy) is 2. The second kappa shape index (κ2) is 12.8. The van der Waals surface area contributed by atoms with E-state index in [1.165, 1.54) is 0 Å². The number of carbonyl (C=O) groups is 2. The Hall–Kier alpha value is -4.58. The highest BCUT2D eigenvalue weighted by Crippen LogP contribution is 2.20. The average molecular weight is 481 g/mol. The van der Waals surface area contributed by atoms with Gasteiger partial charge in [0.25, 0.3) is 11.8 Å². The number of para-hydroxylation sites is 2. The van der Waals surface area contributed by atoms with Gasteiger partial charge in [0, 0.05) is 13.1 Å². The van der Waals surface area contributed by atoms with E-state index in [0.717, 1.165) is 11.1 Å².